The van der Waals surface area contributed by atoms with Crippen molar-refractivity contribution in [3.05, 3.63) is 117 Å². The van der Waals surface area contributed by atoms with Gasteiger partial charge in [0.05, 0.1) is 30.1 Å². The van der Waals surface area contributed by atoms with Crippen LogP contribution in [0, 0.1) is 0 Å². The maximum Gasteiger partial charge on any atom is 0.251 e. The van der Waals surface area contributed by atoms with Crippen LogP contribution in [0.25, 0.3) is 0 Å². The summed E-state index contributed by atoms with van der Waals surface area (Å²) in [5, 5.41) is 16.1. The zero-order chi connectivity index (χ0) is 35.7. The van der Waals surface area contributed by atoms with Crippen molar-refractivity contribution in [2.45, 2.75) is 51.4 Å². The molecule has 6 N–H and O–H groups in total. The van der Waals surface area contributed by atoms with E-state index in [4.69, 9.17) is 5.73 Å². The Hall–Kier alpha value is -4.72. The molecule has 260 valence electrons. The minimum absolute atomic E-state index is 0.113. The molecule has 0 spiro atoms. The van der Waals surface area contributed by atoms with Crippen molar-refractivity contribution >= 4 is 50.5 Å². The Morgan fingerprint density at radius 3 is 2.02 bits per heavy atom. The molecule has 4 atom stereocenters. The molecule has 4 rings (SSSR count). The van der Waals surface area contributed by atoms with E-state index in [9.17, 15) is 22.8 Å². The van der Waals surface area contributed by atoms with Gasteiger partial charge in [-0.2, -0.15) is 11.3 Å². The van der Waals surface area contributed by atoms with E-state index in [-0.39, 0.29) is 41.3 Å². The predicted octanol–water partition coefficient (Wildman–Crippen LogP) is 4.41. The molecule has 0 aliphatic heterocycles. The highest BCUT2D eigenvalue weighted by Gasteiger charge is 2.23. The second-order valence-electron chi connectivity index (χ2n) is 12.1. The lowest BCUT2D eigenvalue weighted by Gasteiger charge is -2.24. The third kappa shape index (κ3) is 10.6. The first-order valence-electron chi connectivity index (χ1n) is 15.9. The van der Waals surface area contributed by atoms with Gasteiger partial charge in [-0.15, -0.1) is 0 Å². The maximum absolute atomic E-state index is 13.8. The second kappa shape index (κ2) is 16.6. The molecule has 3 aromatic carbocycles. The second-order valence-corrected chi connectivity index (χ2v) is 14.9. The third-order valence-electron chi connectivity index (χ3n) is 8.21. The summed E-state index contributed by atoms with van der Waals surface area (Å²) in [5.41, 5.74) is 9.67. The number of anilines is 2. The molecule has 0 radical (unpaired) electrons. The van der Waals surface area contributed by atoms with Crippen molar-refractivity contribution in [1.29, 1.82) is 0 Å². The van der Waals surface area contributed by atoms with E-state index in [2.05, 4.69) is 21.3 Å². The molecule has 0 saturated heterocycles. The van der Waals surface area contributed by atoms with Crippen LogP contribution >= 0.6 is 11.3 Å². The number of nitrogens with zero attached hydrogens (tertiary/aromatic N) is 1. The van der Waals surface area contributed by atoms with E-state index in [0.29, 0.717) is 12.1 Å². The van der Waals surface area contributed by atoms with Crippen LogP contribution in [0.15, 0.2) is 89.6 Å². The van der Waals surface area contributed by atoms with Crippen LogP contribution in [-0.2, 0) is 21.2 Å². The van der Waals surface area contributed by atoms with Gasteiger partial charge < -0.3 is 27.0 Å². The number of sulfonamides is 1. The molecule has 4 aromatic rings. The number of hydrogen-bond acceptors (Lipinski definition) is 8. The van der Waals surface area contributed by atoms with Crippen molar-refractivity contribution in [1.82, 2.24) is 21.3 Å². The Bertz CT molecular complexity index is 1830. The van der Waals surface area contributed by atoms with Gasteiger partial charge in [-0.05, 0) is 91.0 Å². The molecule has 1 aromatic heterocycles. The summed E-state index contributed by atoms with van der Waals surface area (Å²) in [5.74, 6) is -1.16. The number of thiophene rings is 1. The minimum atomic E-state index is -3.70. The number of nitrogens with one attached hydrogen (secondary N) is 4. The van der Waals surface area contributed by atoms with E-state index in [1.807, 2.05) is 73.1 Å². The lowest BCUT2D eigenvalue weighted by atomic mass is 10.0. The van der Waals surface area contributed by atoms with E-state index in [0.717, 1.165) is 27.3 Å². The Kier molecular flexibility index (Phi) is 12.6. The average molecular weight is 705 g/mol. The predicted molar refractivity (Wildman–Crippen MR) is 196 cm³/mol. The van der Waals surface area contributed by atoms with Crippen molar-refractivity contribution in [3.8, 4) is 0 Å². The molecular formula is C36H44N6O5S2. The van der Waals surface area contributed by atoms with Gasteiger partial charge in [-0.1, -0.05) is 42.5 Å². The molecule has 11 nitrogen and oxygen atoms in total. The summed E-state index contributed by atoms with van der Waals surface area (Å²) in [7, 11) is -2.33. The van der Waals surface area contributed by atoms with Crippen LogP contribution in [0.4, 0.5) is 11.4 Å². The van der Waals surface area contributed by atoms with Gasteiger partial charge in [-0.3, -0.25) is 18.7 Å². The van der Waals surface area contributed by atoms with E-state index in [1.165, 1.54) is 36.6 Å². The summed E-state index contributed by atoms with van der Waals surface area (Å²) < 4.78 is 25.9. The fourth-order valence-corrected chi connectivity index (χ4v) is 6.33. The number of amides is 3. The summed E-state index contributed by atoms with van der Waals surface area (Å²) in [4.78, 5) is 40.3. The first-order chi connectivity index (χ1) is 23.2. The van der Waals surface area contributed by atoms with Gasteiger partial charge in [0.25, 0.3) is 11.8 Å². The molecule has 0 aliphatic carbocycles. The fraction of sp³-hybridized carbons (Fsp3) is 0.306. The lowest BCUT2D eigenvalue weighted by Crippen LogP contribution is -2.49. The van der Waals surface area contributed by atoms with E-state index in [1.54, 1.807) is 19.1 Å². The molecule has 0 saturated carbocycles. The first-order valence-corrected chi connectivity index (χ1v) is 18.7. The number of benzene rings is 3. The molecule has 0 fully saturated rings. The van der Waals surface area contributed by atoms with Gasteiger partial charge >= 0.3 is 0 Å². The Labute approximate surface area is 292 Å². The van der Waals surface area contributed by atoms with Gasteiger partial charge in [0.2, 0.25) is 15.9 Å². The fourth-order valence-electron chi connectivity index (χ4n) is 5.09. The molecule has 1 heterocycles. The number of hydrogen-bond donors (Lipinski definition) is 5. The quantitative estimate of drug-likeness (QED) is 0.115. The molecule has 49 heavy (non-hydrogen) atoms. The number of nitrogens with two attached hydrogens (primary N) is 1. The van der Waals surface area contributed by atoms with Gasteiger partial charge in [-0.25, -0.2) is 8.42 Å². The summed E-state index contributed by atoms with van der Waals surface area (Å²) in [6.45, 7) is 5.74. The Morgan fingerprint density at radius 2 is 1.43 bits per heavy atom. The largest absolute Gasteiger partial charge is 0.399 e. The highest BCUT2D eigenvalue weighted by Crippen LogP contribution is 2.23. The van der Waals surface area contributed by atoms with Gasteiger partial charge in [0.15, 0.2) is 0 Å². The molecule has 0 aliphatic rings. The monoisotopic (exact) mass is 704 g/mol. The molecule has 13 heteroatoms. The third-order valence-corrected chi connectivity index (χ3v) is 10.1. The number of rotatable bonds is 15. The van der Waals surface area contributed by atoms with Crippen molar-refractivity contribution in [2.75, 3.05) is 29.9 Å². The first kappa shape index (κ1) is 37.1. The smallest absolute Gasteiger partial charge is 0.251 e. The van der Waals surface area contributed by atoms with E-state index < -0.39 is 33.9 Å². The van der Waals surface area contributed by atoms with Crippen LogP contribution in [-0.4, -0.2) is 58.1 Å². The summed E-state index contributed by atoms with van der Waals surface area (Å²) in [6, 6.07) is 21.6. The van der Waals surface area contributed by atoms with Crippen molar-refractivity contribution < 1.29 is 22.8 Å². The lowest BCUT2D eigenvalue weighted by molar-refractivity contribution is -0.123. The number of nitrogen functional groups attached to an aromatic ring is 1. The highest BCUT2D eigenvalue weighted by molar-refractivity contribution is 7.92. The topological polar surface area (TPSA) is 163 Å². The van der Waals surface area contributed by atoms with E-state index >= 15 is 0 Å². The van der Waals surface area contributed by atoms with Crippen LogP contribution in [0.1, 0.15) is 70.3 Å². The van der Waals surface area contributed by atoms with Crippen LogP contribution in [0.5, 0.6) is 0 Å². The van der Waals surface area contributed by atoms with Crippen LogP contribution in [0.3, 0.4) is 0 Å². The Balaban J connectivity index is 1.53. The zero-order valence-corrected chi connectivity index (χ0v) is 29.9. The Morgan fingerprint density at radius 1 is 0.816 bits per heavy atom. The van der Waals surface area contributed by atoms with Crippen LogP contribution < -0.4 is 31.3 Å². The van der Waals surface area contributed by atoms with Crippen molar-refractivity contribution in [3.63, 3.8) is 0 Å². The number of carbonyl (C=O) groups excluding carboxylic acids is 3. The zero-order valence-electron chi connectivity index (χ0n) is 28.3. The summed E-state index contributed by atoms with van der Waals surface area (Å²) in [6.07, 6.45) is 1.50. The number of carbonyl (C=O) groups is 3. The molecule has 0 bridgehead atoms. The van der Waals surface area contributed by atoms with Gasteiger partial charge in [0.1, 0.15) is 0 Å². The minimum Gasteiger partial charge on any atom is -0.399 e. The SMILES string of the molecule is CC(NC(=O)c1cc(C(=O)N[C@H](CN[C@@H](C)C(=O)N[C@H](C)c2ccc(N)cc2)Cc2ccccc2)cc(N(C)S(C)(=O)=O)c1)c1ccsc1. The molecule has 1 unspecified atom stereocenters. The van der Waals surface area contributed by atoms with Gasteiger partial charge in [0, 0.05) is 36.4 Å². The normalized spacial score (nSPS) is 13.8. The average Bonchev–Trinajstić information content (AvgIpc) is 3.62. The standard InChI is InChI=1S/C36H44N6O5S2/c1-23(27-11-13-31(37)14-12-27)39-34(43)25(3)38-21-32(17-26-9-7-6-8-10-26)41-36(45)30-18-29(19-33(20-30)42(4)49(5,46)47)35(44)40-24(2)28-15-16-48-22-28/h6-16,18-20,22-25,32,38H,17,21,37H2,1-5H3,(H,39,43)(H,40,44)(H,41,45)/t23-,24?,25+,32+/m1/s1. The van der Waals surface area contributed by atoms with Crippen molar-refractivity contribution in [2.24, 2.45) is 0 Å². The molecule has 3 amide bonds. The highest BCUT2D eigenvalue weighted by atomic mass is 32.2. The van der Waals surface area contributed by atoms with Crippen LogP contribution in [0.2, 0.25) is 0 Å². The maximum atomic E-state index is 13.8. The molecular weight excluding hydrogens is 661 g/mol. The summed E-state index contributed by atoms with van der Waals surface area (Å²) >= 11 is 1.51.